The van der Waals surface area contributed by atoms with Crippen LogP contribution in [0.4, 0.5) is 5.69 Å². The summed E-state index contributed by atoms with van der Waals surface area (Å²) in [6.07, 6.45) is 5.66. The lowest BCUT2D eigenvalue weighted by Gasteiger charge is -2.08. The van der Waals surface area contributed by atoms with Crippen molar-refractivity contribution in [2.75, 3.05) is 12.4 Å². The van der Waals surface area contributed by atoms with Crippen molar-refractivity contribution in [2.45, 2.75) is 32.4 Å². The van der Waals surface area contributed by atoms with Crippen LogP contribution in [0.2, 0.25) is 0 Å². The van der Waals surface area contributed by atoms with Crippen LogP contribution in [-0.4, -0.2) is 21.3 Å². The average Bonchev–Trinajstić information content (AvgIpc) is 3.16. The minimum atomic E-state index is 0.725. The summed E-state index contributed by atoms with van der Waals surface area (Å²) in [6, 6.07) is 18.6. The summed E-state index contributed by atoms with van der Waals surface area (Å²) in [7, 11) is 1.70. The van der Waals surface area contributed by atoms with Crippen molar-refractivity contribution >= 4 is 11.3 Å². The Morgan fingerprint density at radius 1 is 1.04 bits per heavy atom. The van der Waals surface area contributed by atoms with E-state index in [9.17, 15) is 0 Å². The van der Waals surface area contributed by atoms with Crippen molar-refractivity contribution in [1.82, 2.24) is 14.2 Å². The van der Waals surface area contributed by atoms with Crippen molar-refractivity contribution in [1.29, 1.82) is 0 Å². The lowest BCUT2D eigenvalue weighted by atomic mass is 10.0. The zero-order valence-corrected chi connectivity index (χ0v) is 16.1. The Kier molecular flexibility index (Phi) is 4.28. The first kappa shape index (κ1) is 16.9. The molecule has 142 valence electrons. The highest BCUT2D eigenvalue weighted by atomic mass is 16.5. The number of benzene rings is 2. The molecule has 0 fully saturated rings. The van der Waals surface area contributed by atoms with Crippen LogP contribution in [0.5, 0.6) is 5.75 Å². The van der Waals surface area contributed by atoms with Crippen LogP contribution < -0.4 is 10.1 Å². The van der Waals surface area contributed by atoms with Gasteiger partial charge in [0.25, 0.3) is 0 Å². The summed E-state index contributed by atoms with van der Waals surface area (Å²) >= 11 is 0. The van der Waals surface area contributed by atoms with Crippen molar-refractivity contribution in [3.63, 3.8) is 0 Å². The number of nitrogens with zero attached hydrogens (tertiary/aromatic N) is 3. The smallest absolute Gasteiger partial charge is 0.150 e. The fourth-order valence-corrected chi connectivity index (χ4v) is 4.12. The van der Waals surface area contributed by atoms with E-state index in [1.165, 1.54) is 35.2 Å². The molecule has 5 heteroatoms. The van der Waals surface area contributed by atoms with Gasteiger partial charge < -0.3 is 14.6 Å². The minimum absolute atomic E-state index is 0.725. The standard InChI is InChI=1S/C23H24N4O/c1-28-19-12-10-17(11-13-19)21-16-27-23-20(21)9-5-6-14-26(23)22(25-27)15-24-18-7-3-2-4-8-18/h2-4,7-8,10-13,16,24H,5-6,9,14-15H2,1H3. The predicted molar refractivity (Wildman–Crippen MR) is 112 cm³/mol. The third-order valence-corrected chi connectivity index (χ3v) is 5.54. The second-order valence-corrected chi connectivity index (χ2v) is 7.26. The lowest BCUT2D eigenvalue weighted by Crippen LogP contribution is -2.08. The zero-order chi connectivity index (χ0) is 18.9. The normalized spacial score (nSPS) is 13.5. The molecule has 0 aliphatic carbocycles. The number of aryl methyl sites for hydroxylation is 2. The van der Waals surface area contributed by atoms with Crippen LogP contribution in [0.3, 0.4) is 0 Å². The van der Waals surface area contributed by atoms with Crippen LogP contribution in [0.1, 0.15) is 24.2 Å². The summed E-state index contributed by atoms with van der Waals surface area (Å²) in [4.78, 5) is 0. The molecule has 5 rings (SSSR count). The van der Waals surface area contributed by atoms with Gasteiger partial charge in [-0.15, -0.1) is 0 Å². The van der Waals surface area contributed by atoms with Gasteiger partial charge in [0, 0.05) is 29.6 Å². The van der Waals surface area contributed by atoms with Crippen molar-refractivity contribution in [2.24, 2.45) is 0 Å². The molecular weight excluding hydrogens is 348 g/mol. The maximum Gasteiger partial charge on any atom is 0.150 e. The first-order valence-electron chi connectivity index (χ1n) is 9.86. The maximum absolute atomic E-state index is 5.31. The number of ether oxygens (including phenoxy) is 1. The van der Waals surface area contributed by atoms with Crippen LogP contribution in [0.15, 0.2) is 60.8 Å². The molecule has 4 aromatic rings. The Morgan fingerprint density at radius 3 is 2.64 bits per heavy atom. The predicted octanol–water partition coefficient (Wildman–Crippen LogP) is 4.76. The molecule has 0 unspecified atom stereocenters. The number of rotatable bonds is 5. The molecule has 2 aromatic heterocycles. The van der Waals surface area contributed by atoms with Crippen LogP contribution in [0.25, 0.3) is 16.8 Å². The number of aromatic nitrogens is 3. The fraction of sp³-hybridized carbons (Fsp3) is 0.261. The number of hydrogen-bond donors (Lipinski definition) is 1. The van der Waals surface area contributed by atoms with Gasteiger partial charge in [0.15, 0.2) is 5.82 Å². The summed E-state index contributed by atoms with van der Waals surface area (Å²) < 4.78 is 9.77. The van der Waals surface area contributed by atoms with Crippen LogP contribution in [-0.2, 0) is 19.5 Å². The van der Waals surface area contributed by atoms with Crippen molar-refractivity contribution in [3.05, 3.63) is 72.2 Å². The summed E-state index contributed by atoms with van der Waals surface area (Å²) in [6.45, 7) is 1.75. The summed E-state index contributed by atoms with van der Waals surface area (Å²) in [5.74, 6) is 1.97. The Balaban J connectivity index is 1.53. The molecule has 0 radical (unpaired) electrons. The molecular formula is C23H24N4O. The van der Waals surface area contributed by atoms with Crippen molar-refractivity contribution < 1.29 is 4.74 Å². The number of methoxy groups -OCH3 is 1. The number of para-hydroxylation sites is 1. The second kappa shape index (κ2) is 7.08. The molecule has 3 heterocycles. The molecule has 5 nitrogen and oxygen atoms in total. The molecule has 1 aliphatic rings. The summed E-state index contributed by atoms with van der Waals surface area (Å²) in [5, 5.41) is 8.41. The highest BCUT2D eigenvalue weighted by Gasteiger charge is 2.22. The zero-order valence-electron chi connectivity index (χ0n) is 16.1. The van der Waals surface area contributed by atoms with E-state index in [1.807, 2.05) is 30.3 Å². The van der Waals surface area contributed by atoms with Gasteiger partial charge in [-0.3, -0.25) is 0 Å². The molecule has 1 N–H and O–H groups in total. The lowest BCUT2D eigenvalue weighted by molar-refractivity contribution is 0.415. The Bertz CT molecular complexity index is 1090. The molecule has 2 aromatic carbocycles. The Morgan fingerprint density at radius 2 is 1.86 bits per heavy atom. The monoisotopic (exact) mass is 372 g/mol. The van der Waals surface area contributed by atoms with E-state index < -0.39 is 0 Å². The van der Waals surface area contributed by atoms with Gasteiger partial charge >= 0.3 is 0 Å². The number of anilines is 1. The summed E-state index contributed by atoms with van der Waals surface area (Å²) in [5.41, 5.74) is 6.27. The van der Waals surface area contributed by atoms with E-state index >= 15 is 0 Å². The van der Waals surface area contributed by atoms with Gasteiger partial charge in [-0.2, -0.15) is 5.10 Å². The van der Waals surface area contributed by atoms with E-state index in [4.69, 9.17) is 9.84 Å². The molecule has 1 aliphatic heterocycles. The highest BCUT2D eigenvalue weighted by molar-refractivity contribution is 5.75. The third kappa shape index (κ3) is 2.93. The number of hydrogen-bond acceptors (Lipinski definition) is 3. The van der Waals surface area contributed by atoms with Gasteiger partial charge in [-0.05, 0) is 49.1 Å². The molecule has 0 atom stereocenters. The Hall–Kier alpha value is -3.21. The highest BCUT2D eigenvalue weighted by Crippen LogP contribution is 2.33. The van der Waals surface area contributed by atoms with Crippen LogP contribution >= 0.6 is 0 Å². The quantitative estimate of drug-likeness (QED) is 0.549. The second-order valence-electron chi connectivity index (χ2n) is 7.26. The first-order chi connectivity index (χ1) is 13.8. The van der Waals surface area contributed by atoms with Gasteiger partial charge in [-0.25, -0.2) is 4.52 Å². The maximum atomic E-state index is 5.31. The molecule has 28 heavy (non-hydrogen) atoms. The van der Waals surface area contributed by atoms with E-state index in [-0.39, 0.29) is 0 Å². The average molecular weight is 372 g/mol. The van der Waals surface area contributed by atoms with E-state index in [0.717, 1.165) is 36.8 Å². The fourth-order valence-electron chi connectivity index (χ4n) is 4.12. The molecule has 0 spiro atoms. The first-order valence-corrected chi connectivity index (χ1v) is 9.86. The number of nitrogens with one attached hydrogen (secondary N) is 1. The van der Waals surface area contributed by atoms with Gasteiger partial charge in [0.2, 0.25) is 0 Å². The molecule has 0 saturated carbocycles. The van der Waals surface area contributed by atoms with Gasteiger partial charge in [0.05, 0.1) is 13.7 Å². The van der Waals surface area contributed by atoms with E-state index in [1.54, 1.807) is 7.11 Å². The van der Waals surface area contributed by atoms with Gasteiger partial charge in [-0.1, -0.05) is 30.3 Å². The Labute approximate surface area is 164 Å². The SMILES string of the molecule is COc1ccc(-c2cn3nc(CNc4ccccc4)n4c3c2CCCC4)cc1. The van der Waals surface area contributed by atoms with Crippen molar-refractivity contribution in [3.8, 4) is 16.9 Å². The minimum Gasteiger partial charge on any atom is -0.497 e. The third-order valence-electron chi connectivity index (χ3n) is 5.54. The molecule has 0 amide bonds. The topological polar surface area (TPSA) is 43.5 Å². The molecule has 0 bridgehead atoms. The van der Waals surface area contributed by atoms with E-state index in [0.29, 0.717) is 0 Å². The van der Waals surface area contributed by atoms with Gasteiger partial charge in [0.1, 0.15) is 11.4 Å². The largest absolute Gasteiger partial charge is 0.497 e. The molecule has 0 saturated heterocycles. The van der Waals surface area contributed by atoms with E-state index in [2.05, 4.69) is 44.9 Å². The van der Waals surface area contributed by atoms with Crippen LogP contribution in [0, 0.1) is 0 Å².